The minimum Gasteiger partial charge on any atom is -0.393 e. The van der Waals surface area contributed by atoms with E-state index in [1.807, 2.05) is 0 Å². The molecule has 1 heterocycles. The van der Waals surface area contributed by atoms with Crippen LogP contribution in [0.4, 0.5) is 0 Å². The van der Waals surface area contributed by atoms with E-state index >= 15 is 0 Å². The monoisotopic (exact) mass is 178 g/mol. The number of carbonyl (C=O) groups excluding carboxylic acids is 2. The molecule has 3 heteroatoms. The molecule has 0 N–H and O–H groups in total. The zero-order valence-electron chi connectivity index (χ0n) is 7.10. The largest absolute Gasteiger partial charge is 0.393 e. The number of fused-ring (bicyclic) bond motifs is 1. The van der Waals surface area contributed by atoms with E-state index in [2.05, 4.69) is 16.9 Å². The van der Waals surface area contributed by atoms with Crippen LogP contribution in [-0.2, 0) is 14.3 Å². The van der Waals surface area contributed by atoms with Crippen LogP contribution in [0.15, 0.2) is 12.2 Å². The van der Waals surface area contributed by atoms with E-state index in [1.54, 1.807) is 0 Å². The third kappa shape index (κ3) is 0.794. The summed E-state index contributed by atoms with van der Waals surface area (Å²) in [6.45, 7) is 0. The van der Waals surface area contributed by atoms with E-state index in [4.69, 9.17) is 0 Å². The Hall–Kier alpha value is -1.12. The van der Waals surface area contributed by atoms with Gasteiger partial charge < -0.3 is 4.74 Å². The second-order valence-corrected chi connectivity index (χ2v) is 4.08. The highest BCUT2D eigenvalue weighted by Crippen LogP contribution is 2.48. The van der Waals surface area contributed by atoms with Gasteiger partial charge in [0.05, 0.1) is 11.8 Å². The first kappa shape index (κ1) is 7.30. The normalized spacial score (nSPS) is 46.5. The Morgan fingerprint density at radius 1 is 1.00 bits per heavy atom. The fourth-order valence-corrected chi connectivity index (χ4v) is 2.87. The van der Waals surface area contributed by atoms with Crippen LogP contribution >= 0.6 is 0 Å². The zero-order chi connectivity index (χ0) is 9.00. The second kappa shape index (κ2) is 2.22. The molecule has 4 atom stereocenters. The van der Waals surface area contributed by atoms with Gasteiger partial charge in [-0.3, -0.25) is 9.59 Å². The summed E-state index contributed by atoms with van der Waals surface area (Å²) in [5.74, 6) is -0.390. The highest BCUT2D eigenvalue weighted by molar-refractivity contribution is 5.97. The molecule has 0 aromatic carbocycles. The molecule has 2 fully saturated rings. The summed E-state index contributed by atoms with van der Waals surface area (Å²) in [5, 5.41) is 0. The van der Waals surface area contributed by atoms with Gasteiger partial charge in [-0.1, -0.05) is 12.2 Å². The Bertz CT molecular complexity index is 288. The third-order valence-electron chi connectivity index (χ3n) is 3.49. The summed E-state index contributed by atoms with van der Waals surface area (Å²) in [4.78, 5) is 22.7. The van der Waals surface area contributed by atoms with Gasteiger partial charge in [0.2, 0.25) is 0 Å². The summed E-state index contributed by atoms with van der Waals surface area (Å²) >= 11 is 0. The first-order chi connectivity index (χ1) is 6.27. The minimum absolute atomic E-state index is 0.156. The molecule has 1 aliphatic heterocycles. The van der Waals surface area contributed by atoms with Crippen molar-refractivity contribution in [3.05, 3.63) is 12.2 Å². The van der Waals surface area contributed by atoms with Crippen molar-refractivity contribution < 1.29 is 14.3 Å². The average Bonchev–Trinajstić information content (AvgIpc) is 2.47. The lowest BCUT2D eigenvalue weighted by molar-refractivity contribution is -0.154. The summed E-state index contributed by atoms with van der Waals surface area (Å²) < 4.78 is 4.67. The average molecular weight is 178 g/mol. The smallest absolute Gasteiger partial charge is 0.318 e. The summed E-state index contributed by atoms with van der Waals surface area (Å²) in [7, 11) is 0. The maximum Gasteiger partial charge on any atom is 0.318 e. The number of carbonyl (C=O) groups is 2. The van der Waals surface area contributed by atoms with Crippen LogP contribution in [0, 0.1) is 23.7 Å². The molecule has 13 heavy (non-hydrogen) atoms. The van der Waals surface area contributed by atoms with E-state index < -0.39 is 0 Å². The van der Waals surface area contributed by atoms with Gasteiger partial charge in [-0.15, -0.1) is 0 Å². The van der Waals surface area contributed by atoms with Crippen LogP contribution in [0.2, 0.25) is 0 Å². The molecule has 0 aromatic rings. The van der Waals surface area contributed by atoms with Crippen LogP contribution in [0.1, 0.15) is 12.8 Å². The van der Waals surface area contributed by atoms with E-state index in [0.29, 0.717) is 0 Å². The summed E-state index contributed by atoms with van der Waals surface area (Å²) in [5.41, 5.74) is 0. The Kier molecular flexibility index (Phi) is 1.25. The van der Waals surface area contributed by atoms with Gasteiger partial charge in [-0.2, -0.15) is 0 Å². The SMILES string of the molecule is O=C1OC(=O)[C@H]2[C@@H]1[C@H]1C=C[C@H]2CC1. The Morgan fingerprint density at radius 3 is 1.85 bits per heavy atom. The highest BCUT2D eigenvalue weighted by atomic mass is 16.6. The lowest BCUT2D eigenvalue weighted by atomic mass is 9.63. The van der Waals surface area contributed by atoms with Gasteiger partial charge in [0.1, 0.15) is 0 Å². The molecule has 3 nitrogen and oxygen atoms in total. The standard InChI is InChI=1S/C10H10O3/c11-9-7-5-1-2-6(4-3-5)8(7)10(12)13-9/h1-2,5-8H,3-4H2/t5-,6-,7-,8+/m0/s1. The van der Waals surface area contributed by atoms with Crippen molar-refractivity contribution in [2.45, 2.75) is 12.8 Å². The molecule has 0 spiro atoms. The fraction of sp³-hybridized carbons (Fsp3) is 0.600. The van der Waals surface area contributed by atoms with Crippen molar-refractivity contribution in [1.29, 1.82) is 0 Å². The lowest BCUT2D eigenvalue weighted by Crippen LogP contribution is -2.38. The number of hydrogen-bond acceptors (Lipinski definition) is 3. The molecule has 0 unspecified atom stereocenters. The van der Waals surface area contributed by atoms with Gasteiger partial charge in [0.15, 0.2) is 0 Å². The first-order valence-corrected chi connectivity index (χ1v) is 4.71. The predicted octanol–water partition coefficient (Wildman–Crippen LogP) is 0.898. The molecule has 3 aliphatic carbocycles. The zero-order valence-corrected chi connectivity index (χ0v) is 7.10. The van der Waals surface area contributed by atoms with Gasteiger partial charge in [-0.25, -0.2) is 0 Å². The van der Waals surface area contributed by atoms with E-state index in [0.717, 1.165) is 12.8 Å². The van der Waals surface area contributed by atoms with E-state index in [9.17, 15) is 9.59 Å². The van der Waals surface area contributed by atoms with Crippen molar-refractivity contribution in [3.8, 4) is 0 Å². The number of hydrogen-bond donors (Lipinski definition) is 0. The molecule has 0 radical (unpaired) electrons. The molecule has 2 bridgehead atoms. The third-order valence-corrected chi connectivity index (χ3v) is 3.49. The fourth-order valence-electron chi connectivity index (χ4n) is 2.87. The van der Waals surface area contributed by atoms with Crippen LogP contribution < -0.4 is 0 Å². The van der Waals surface area contributed by atoms with E-state index in [-0.39, 0.29) is 35.6 Å². The number of ether oxygens (including phenoxy) is 1. The Balaban J connectivity index is 2.07. The molecule has 0 aromatic heterocycles. The Morgan fingerprint density at radius 2 is 1.46 bits per heavy atom. The van der Waals surface area contributed by atoms with Crippen LogP contribution in [-0.4, -0.2) is 11.9 Å². The van der Waals surface area contributed by atoms with Crippen LogP contribution in [0.5, 0.6) is 0 Å². The molecular weight excluding hydrogens is 168 g/mol. The maximum absolute atomic E-state index is 11.3. The number of esters is 2. The van der Waals surface area contributed by atoms with Crippen molar-refractivity contribution >= 4 is 11.9 Å². The van der Waals surface area contributed by atoms with Gasteiger partial charge in [-0.05, 0) is 24.7 Å². The quantitative estimate of drug-likeness (QED) is 0.314. The highest BCUT2D eigenvalue weighted by Gasteiger charge is 2.54. The molecular formula is C10H10O3. The van der Waals surface area contributed by atoms with Crippen molar-refractivity contribution in [2.24, 2.45) is 23.7 Å². The molecule has 0 amide bonds. The molecule has 1 saturated carbocycles. The van der Waals surface area contributed by atoms with E-state index in [1.165, 1.54) is 0 Å². The molecule has 68 valence electrons. The van der Waals surface area contributed by atoms with Gasteiger partial charge in [0, 0.05) is 0 Å². The molecule has 1 saturated heterocycles. The van der Waals surface area contributed by atoms with Crippen molar-refractivity contribution in [1.82, 2.24) is 0 Å². The van der Waals surface area contributed by atoms with Crippen molar-refractivity contribution in [2.75, 3.05) is 0 Å². The molecule has 4 rings (SSSR count). The summed E-state index contributed by atoms with van der Waals surface area (Å²) in [6.07, 6.45) is 6.22. The minimum atomic E-state index is -0.297. The number of cyclic esters (lactones) is 2. The first-order valence-electron chi connectivity index (χ1n) is 4.71. The molecule has 4 aliphatic rings. The van der Waals surface area contributed by atoms with Crippen LogP contribution in [0.3, 0.4) is 0 Å². The Labute approximate surface area is 75.8 Å². The lowest BCUT2D eigenvalue weighted by Gasteiger charge is -2.37. The number of rotatable bonds is 0. The topological polar surface area (TPSA) is 43.4 Å². The number of allylic oxidation sites excluding steroid dienone is 2. The summed E-state index contributed by atoms with van der Waals surface area (Å²) in [6, 6.07) is 0. The van der Waals surface area contributed by atoms with Gasteiger partial charge in [0.25, 0.3) is 0 Å². The second-order valence-electron chi connectivity index (χ2n) is 4.08. The maximum atomic E-state index is 11.3. The predicted molar refractivity (Wildman–Crippen MR) is 43.4 cm³/mol. The van der Waals surface area contributed by atoms with Gasteiger partial charge >= 0.3 is 11.9 Å². The van der Waals surface area contributed by atoms with Crippen molar-refractivity contribution in [3.63, 3.8) is 0 Å². The van der Waals surface area contributed by atoms with Crippen LogP contribution in [0.25, 0.3) is 0 Å².